The second-order valence-electron chi connectivity index (χ2n) is 5.25. The number of hydrogen-bond donors (Lipinski definition) is 0. The number of allylic oxidation sites excluding steroid dienone is 10. The smallest absolute Gasteiger partial charge is 0.0404 e. The minimum Gasteiger partial charge on any atom is -0.0988 e. The lowest BCUT2D eigenvalue weighted by Crippen LogP contribution is -1.50. The molecular formula is C26H44. The van der Waals surface area contributed by atoms with Crippen LogP contribution < -0.4 is 0 Å². The largest absolute Gasteiger partial charge is 0.0988 e. The first-order valence-corrected chi connectivity index (χ1v) is 7.75. The van der Waals surface area contributed by atoms with Gasteiger partial charge < -0.3 is 0 Å². The molecule has 0 radical (unpaired) electrons. The molecule has 0 rings (SSSR count). The summed E-state index contributed by atoms with van der Waals surface area (Å²) in [5, 5.41) is 0. The molecule has 0 heteroatoms. The number of hydrogen-bond acceptors (Lipinski definition) is 0. The molecule has 0 N–H and O–H groups in total. The van der Waals surface area contributed by atoms with Crippen molar-refractivity contribution in [1.82, 2.24) is 0 Å². The van der Waals surface area contributed by atoms with Crippen molar-refractivity contribution >= 4 is 0 Å². The van der Waals surface area contributed by atoms with E-state index in [1.54, 1.807) is 30.4 Å². The Hall–Kier alpha value is -2.60. The zero-order valence-corrected chi connectivity index (χ0v) is 17.5. The van der Waals surface area contributed by atoms with Crippen molar-refractivity contribution in [3.8, 4) is 0 Å². The van der Waals surface area contributed by atoms with Crippen molar-refractivity contribution in [1.29, 1.82) is 0 Å². The van der Waals surface area contributed by atoms with Crippen molar-refractivity contribution in [3.63, 3.8) is 0 Å². The van der Waals surface area contributed by atoms with Crippen LogP contribution in [0, 0.1) is 0 Å². The molecule has 0 bridgehead atoms. The summed E-state index contributed by atoms with van der Waals surface area (Å²) in [7, 11) is 0. The molecule has 0 saturated carbocycles. The highest BCUT2D eigenvalue weighted by Crippen LogP contribution is 1.82. The van der Waals surface area contributed by atoms with E-state index in [1.807, 2.05) is 34.6 Å². The summed E-state index contributed by atoms with van der Waals surface area (Å²) in [5.74, 6) is 0. The average molecular weight is 357 g/mol. The van der Waals surface area contributed by atoms with Crippen molar-refractivity contribution in [2.45, 2.75) is 42.0 Å². The molecule has 0 aliphatic heterocycles. The van der Waals surface area contributed by atoms with Gasteiger partial charge in [-0.2, -0.15) is 0 Å². The summed E-state index contributed by atoms with van der Waals surface area (Å²) in [5.41, 5.74) is 5.09. The zero-order valence-electron chi connectivity index (χ0n) is 17.5. The Balaban J connectivity index is -0.0000000476. The summed E-state index contributed by atoms with van der Waals surface area (Å²) in [6, 6.07) is 0. The van der Waals surface area contributed by atoms with Crippen LogP contribution in [0.5, 0.6) is 0 Å². The minimum absolute atomic E-state index is 0. The van der Waals surface area contributed by atoms with E-state index in [9.17, 15) is 0 Å². The Labute approximate surface area is 166 Å². The first-order valence-electron chi connectivity index (χ1n) is 7.75. The van der Waals surface area contributed by atoms with Gasteiger partial charge in [0.1, 0.15) is 0 Å². The van der Waals surface area contributed by atoms with E-state index in [0.717, 1.165) is 27.9 Å². The van der Waals surface area contributed by atoms with Gasteiger partial charge in [0.25, 0.3) is 0 Å². The van der Waals surface area contributed by atoms with E-state index in [-0.39, 0.29) is 7.43 Å². The molecule has 0 fully saturated rings. The molecule has 0 amide bonds. The fourth-order valence-electron chi connectivity index (χ4n) is 0. The molecule has 0 saturated heterocycles. The third-order valence-electron chi connectivity index (χ3n) is 1.74. The first-order chi connectivity index (χ1) is 11.4. The van der Waals surface area contributed by atoms with Gasteiger partial charge >= 0.3 is 0 Å². The molecular weight excluding hydrogens is 312 g/mol. The Kier molecular flexibility index (Phi) is 50.5. The van der Waals surface area contributed by atoms with Crippen LogP contribution in [-0.2, 0) is 0 Å². The Bertz CT molecular complexity index is 360. The highest BCUT2D eigenvalue weighted by atomic mass is 13.7. The monoisotopic (exact) mass is 356 g/mol. The average Bonchev–Trinajstić information content (AvgIpc) is 2.56. The molecule has 0 spiro atoms. The lowest BCUT2D eigenvalue weighted by Gasteiger charge is -1.71. The first kappa shape index (κ1) is 38.8. The summed E-state index contributed by atoms with van der Waals surface area (Å²) in [6.07, 6.45) is 8.61. The van der Waals surface area contributed by atoms with Gasteiger partial charge in [-0.1, -0.05) is 131 Å². The fourth-order valence-corrected chi connectivity index (χ4v) is 0. The molecule has 0 aliphatic rings. The number of rotatable bonds is 5. The molecule has 0 atom stereocenters. The lowest BCUT2D eigenvalue weighted by atomic mass is 10.4. The molecule has 0 aliphatic carbocycles. The van der Waals surface area contributed by atoms with Crippen LogP contribution in [0.1, 0.15) is 42.0 Å². The zero-order chi connectivity index (χ0) is 21.4. The van der Waals surface area contributed by atoms with Crippen molar-refractivity contribution in [2.75, 3.05) is 0 Å². The summed E-state index contributed by atoms with van der Waals surface area (Å²) < 4.78 is 0. The second kappa shape index (κ2) is 33.9. The van der Waals surface area contributed by atoms with Gasteiger partial charge in [0.15, 0.2) is 0 Å². The van der Waals surface area contributed by atoms with Crippen LogP contribution in [0.15, 0.2) is 124 Å². The molecule has 148 valence electrons. The lowest BCUT2D eigenvalue weighted by molar-refractivity contribution is 1.58. The summed E-state index contributed by atoms with van der Waals surface area (Å²) in [4.78, 5) is 0. The summed E-state index contributed by atoms with van der Waals surface area (Å²) >= 11 is 0. The van der Waals surface area contributed by atoms with Crippen LogP contribution in [0.3, 0.4) is 0 Å². The third kappa shape index (κ3) is 163. The van der Waals surface area contributed by atoms with Crippen LogP contribution >= 0.6 is 0 Å². The maximum absolute atomic E-state index is 3.56. The van der Waals surface area contributed by atoms with Crippen molar-refractivity contribution < 1.29 is 0 Å². The maximum Gasteiger partial charge on any atom is -0.0404 e. The van der Waals surface area contributed by atoms with E-state index < -0.39 is 0 Å². The van der Waals surface area contributed by atoms with Gasteiger partial charge in [-0.3, -0.25) is 0 Å². The Morgan fingerprint density at radius 1 is 0.385 bits per heavy atom. The molecule has 0 aromatic carbocycles. The van der Waals surface area contributed by atoms with Crippen LogP contribution in [-0.4, -0.2) is 0 Å². The van der Waals surface area contributed by atoms with Gasteiger partial charge in [-0.25, -0.2) is 0 Å². The highest BCUT2D eigenvalue weighted by Gasteiger charge is 1.61. The van der Waals surface area contributed by atoms with Gasteiger partial charge in [0.2, 0.25) is 0 Å². The molecule has 26 heavy (non-hydrogen) atoms. The van der Waals surface area contributed by atoms with Crippen molar-refractivity contribution in [3.05, 3.63) is 124 Å². The van der Waals surface area contributed by atoms with E-state index >= 15 is 0 Å². The maximum atomic E-state index is 3.56. The van der Waals surface area contributed by atoms with E-state index in [2.05, 4.69) is 65.8 Å². The van der Waals surface area contributed by atoms with Gasteiger partial charge in [-0.05, 0) is 34.6 Å². The predicted molar refractivity (Wildman–Crippen MR) is 132 cm³/mol. The molecule has 0 aromatic rings. The van der Waals surface area contributed by atoms with Gasteiger partial charge in [0, 0.05) is 0 Å². The molecule has 0 unspecified atom stereocenters. The van der Waals surface area contributed by atoms with E-state index in [4.69, 9.17) is 0 Å². The standard InChI is InChI=1S/5C5H8.CH4/c5*1-4-5(2)3;/h5*4H,1-2H2,3H3;1H4. The minimum atomic E-state index is 0. The molecule has 0 heterocycles. The van der Waals surface area contributed by atoms with Crippen molar-refractivity contribution in [2.24, 2.45) is 0 Å². The third-order valence-corrected chi connectivity index (χ3v) is 1.74. The van der Waals surface area contributed by atoms with Crippen LogP contribution in [0.4, 0.5) is 0 Å². The van der Waals surface area contributed by atoms with Gasteiger partial charge in [-0.15, -0.1) is 0 Å². The highest BCUT2D eigenvalue weighted by molar-refractivity contribution is 5.07. The van der Waals surface area contributed by atoms with Gasteiger partial charge in [0.05, 0.1) is 0 Å². The molecule has 0 nitrogen and oxygen atoms in total. The Morgan fingerprint density at radius 3 is 0.423 bits per heavy atom. The van der Waals surface area contributed by atoms with E-state index in [0.29, 0.717) is 0 Å². The van der Waals surface area contributed by atoms with Crippen LogP contribution in [0.25, 0.3) is 0 Å². The second-order valence-corrected chi connectivity index (χ2v) is 5.25. The SMILES string of the molecule is C.C=CC(=C)C.C=CC(=C)C.C=CC(=C)C.C=CC(=C)C.C=CC(=C)C. The topological polar surface area (TPSA) is 0 Å². The normalized spacial score (nSPS) is 6.35. The summed E-state index contributed by atoms with van der Waals surface area (Å²) in [6.45, 7) is 44.6. The fraction of sp³-hybridized carbons (Fsp3) is 0.231. The van der Waals surface area contributed by atoms with Crippen LogP contribution in [0.2, 0.25) is 0 Å². The Morgan fingerprint density at radius 2 is 0.423 bits per heavy atom. The predicted octanol–water partition coefficient (Wildman–Crippen LogP) is 9.38. The van der Waals surface area contributed by atoms with E-state index in [1.165, 1.54) is 0 Å². The molecule has 0 aromatic heterocycles. The quantitative estimate of drug-likeness (QED) is 0.430.